The molecule has 0 radical (unpaired) electrons. The number of amides is 2. The summed E-state index contributed by atoms with van der Waals surface area (Å²) < 4.78 is 11.2. The Morgan fingerprint density at radius 2 is 1.89 bits per heavy atom. The van der Waals surface area contributed by atoms with Gasteiger partial charge in [0.2, 0.25) is 11.8 Å². The molecule has 1 unspecified atom stereocenters. The predicted octanol–water partition coefficient (Wildman–Crippen LogP) is 3.86. The molecule has 0 aromatic heterocycles. The molecule has 1 aliphatic heterocycles. The van der Waals surface area contributed by atoms with Crippen molar-refractivity contribution in [1.82, 2.24) is 0 Å². The Hall–Kier alpha value is -3.02. The highest BCUT2D eigenvalue weighted by molar-refractivity contribution is 6.04. The number of hydrogen-bond donors (Lipinski definition) is 1. The third-order valence-electron chi connectivity index (χ3n) is 4.45. The zero-order chi connectivity index (χ0) is 20.1. The number of anilines is 2. The topological polar surface area (TPSA) is 67.9 Å². The van der Waals surface area contributed by atoms with E-state index in [2.05, 4.69) is 5.32 Å². The molecule has 28 heavy (non-hydrogen) atoms. The summed E-state index contributed by atoms with van der Waals surface area (Å²) in [6.45, 7) is 6.67. The first-order chi connectivity index (χ1) is 13.5. The van der Waals surface area contributed by atoms with Crippen molar-refractivity contribution in [2.75, 3.05) is 23.4 Å². The Bertz CT molecular complexity index is 833. The van der Waals surface area contributed by atoms with Gasteiger partial charge < -0.3 is 19.7 Å². The van der Waals surface area contributed by atoms with Crippen LogP contribution < -0.4 is 19.7 Å². The van der Waals surface area contributed by atoms with Crippen LogP contribution in [0, 0.1) is 5.92 Å². The smallest absolute Gasteiger partial charge is 0.229 e. The van der Waals surface area contributed by atoms with E-state index in [1.165, 1.54) is 0 Å². The molecule has 3 rings (SSSR count). The highest BCUT2D eigenvalue weighted by Crippen LogP contribution is 2.33. The Labute approximate surface area is 165 Å². The minimum absolute atomic E-state index is 0.0759. The molecule has 1 heterocycles. The van der Waals surface area contributed by atoms with Crippen LogP contribution in [0.3, 0.4) is 0 Å². The normalized spacial score (nSPS) is 16.4. The van der Waals surface area contributed by atoms with Gasteiger partial charge in [0.1, 0.15) is 11.5 Å². The first-order valence-corrected chi connectivity index (χ1v) is 9.57. The molecule has 0 aliphatic carbocycles. The third kappa shape index (κ3) is 4.63. The standard InChI is InChI=1S/C22H26N2O4/c1-4-27-20-8-6-5-7-19(20)24-14-16(13-21(24)25)22(26)23-17-9-11-18(12-10-17)28-15(2)3/h5-12,15-16H,4,13-14H2,1-3H3,(H,23,26). The van der Waals surface area contributed by atoms with Crippen molar-refractivity contribution in [1.29, 1.82) is 0 Å². The largest absolute Gasteiger partial charge is 0.492 e. The fraction of sp³-hybridized carbons (Fsp3) is 0.364. The van der Waals surface area contributed by atoms with Gasteiger partial charge in [0.15, 0.2) is 0 Å². The van der Waals surface area contributed by atoms with Crippen LogP contribution in [-0.2, 0) is 9.59 Å². The van der Waals surface area contributed by atoms with E-state index in [1.54, 1.807) is 17.0 Å². The van der Waals surface area contributed by atoms with Crippen molar-refractivity contribution in [3.05, 3.63) is 48.5 Å². The van der Waals surface area contributed by atoms with Crippen LogP contribution in [-0.4, -0.2) is 31.1 Å². The van der Waals surface area contributed by atoms with Gasteiger partial charge in [-0.05, 0) is 57.2 Å². The van der Waals surface area contributed by atoms with Gasteiger partial charge in [-0.1, -0.05) is 12.1 Å². The van der Waals surface area contributed by atoms with Crippen LogP contribution >= 0.6 is 0 Å². The first-order valence-electron chi connectivity index (χ1n) is 9.57. The van der Waals surface area contributed by atoms with Gasteiger partial charge in [-0.2, -0.15) is 0 Å². The van der Waals surface area contributed by atoms with E-state index in [4.69, 9.17) is 9.47 Å². The van der Waals surface area contributed by atoms with Gasteiger partial charge in [0.05, 0.1) is 24.3 Å². The van der Waals surface area contributed by atoms with E-state index in [9.17, 15) is 9.59 Å². The van der Waals surface area contributed by atoms with Gasteiger partial charge in [-0.15, -0.1) is 0 Å². The lowest BCUT2D eigenvalue weighted by molar-refractivity contribution is -0.122. The van der Waals surface area contributed by atoms with Gasteiger partial charge in [-0.25, -0.2) is 0 Å². The molecule has 6 nitrogen and oxygen atoms in total. The monoisotopic (exact) mass is 382 g/mol. The molecule has 2 aromatic carbocycles. The van der Waals surface area contributed by atoms with E-state index >= 15 is 0 Å². The van der Waals surface area contributed by atoms with E-state index in [1.807, 2.05) is 57.2 Å². The number of benzene rings is 2. The zero-order valence-electron chi connectivity index (χ0n) is 16.5. The predicted molar refractivity (Wildman–Crippen MR) is 109 cm³/mol. The summed E-state index contributed by atoms with van der Waals surface area (Å²) in [5, 5.41) is 2.89. The lowest BCUT2D eigenvalue weighted by Crippen LogP contribution is -2.28. The molecular weight excluding hydrogens is 356 g/mol. The van der Waals surface area contributed by atoms with E-state index in [-0.39, 0.29) is 24.3 Å². The van der Waals surface area contributed by atoms with Crippen molar-refractivity contribution < 1.29 is 19.1 Å². The van der Waals surface area contributed by atoms with Crippen molar-refractivity contribution in [2.45, 2.75) is 33.3 Å². The van der Waals surface area contributed by atoms with Crippen molar-refractivity contribution in [3.63, 3.8) is 0 Å². The highest BCUT2D eigenvalue weighted by atomic mass is 16.5. The fourth-order valence-corrected chi connectivity index (χ4v) is 3.21. The van der Waals surface area contributed by atoms with Crippen LogP contribution in [0.15, 0.2) is 48.5 Å². The average Bonchev–Trinajstić information content (AvgIpc) is 3.05. The molecule has 1 atom stereocenters. The Kier molecular flexibility index (Phi) is 6.19. The Balaban J connectivity index is 1.65. The summed E-state index contributed by atoms with van der Waals surface area (Å²) in [6, 6.07) is 14.6. The number of hydrogen-bond acceptors (Lipinski definition) is 4. The number of para-hydroxylation sites is 2. The van der Waals surface area contributed by atoms with Crippen LogP contribution in [0.4, 0.5) is 11.4 Å². The lowest BCUT2D eigenvalue weighted by atomic mass is 10.1. The zero-order valence-corrected chi connectivity index (χ0v) is 16.5. The molecule has 148 valence electrons. The maximum absolute atomic E-state index is 12.7. The summed E-state index contributed by atoms with van der Waals surface area (Å²) in [5.74, 6) is 0.756. The number of rotatable bonds is 7. The quantitative estimate of drug-likeness (QED) is 0.789. The average molecular weight is 382 g/mol. The molecule has 1 fully saturated rings. The molecule has 1 N–H and O–H groups in total. The van der Waals surface area contributed by atoms with Gasteiger partial charge in [-0.3, -0.25) is 9.59 Å². The summed E-state index contributed by atoms with van der Waals surface area (Å²) in [6.07, 6.45) is 0.274. The second-order valence-corrected chi connectivity index (χ2v) is 6.99. The molecule has 0 saturated carbocycles. The molecule has 6 heteroatoms. The molecular formula is C22H26N2O4. The van der Waals surface area contributed by atoms with Gasteiger partial charge in [0.25, 0.3) is 0 Å². The molecule has 1 saturated heterocycles. The number of nitrogens with one attached hydrogen (secondary N) is 1. The van der Waals surface area contributed by atoms with Crippen molar-refractivity contribution in [2.24, 2.45) is 5.92 Å². The first kappa shape index (κ1) is 19.7. The molecule has 1 aliphatic rings. The molecule has 0 spiro atoms. The van der Waals surface area contributed by atoms with E-state index < -0.39 is 5.92 Å². The minimum Gasteiger partial charge on any atom is -0.492 e. The van der Waals surface area contributed by atoms with Crippen LogP contribution in [0.2, 0.25) is 0 Å². The summed E-state index contributed by atoms with van der Waals surface area (Å²) in [4.78, 5) is 26.8. The number of carbonyl (C=O) groups is 2. The second kappa shape index (κ2) is 8.78. The summed E-state index contributed by atoms with van der Waals surface area (Å²) >= 11 is 0. The third-order valence-corrected chi connectivity index (χ3v) is 4.45. The van der Waals surface area contributed by atoms with Crippen molar-refractivity contribution >= 4 is 23.2 Å². The van der Waals surface area contributed by atoms with Crippen LogP contribution in [0.25, 0.3) is 0 Å². The summed E-state index contributed by atoms with van der Waals surface area (Å²) in [7, 11) is 0. The highest BCUT2D eigenvalue weighted by Gasteiger charge is 2.36. The number of ether oxygens (including phenoxy) is 2. The lowest BCUT2D eigenvalue weighted by Gasteiger charge is -2.20. The molecule has 2 amide bonds. The fourth-order valence-electron chi connectivity index (χ4n) is 3.21. The molecule has 2 aromatic rings. The second-order valence-electron chi connectivity index (χ2n) is 6.99. The van der Waals surface area contributed by atoms with Crippen LogP contribution in [0.1, 0.15) is 27.2 Å². The summed E-state index contributed by atoms with van der Waals surface area (Å²) in [5.41, 5.74) is 1.39. The Morgan fingerprint density at radius 1 is 1.18 bits per heavy atom. The van der Waals surface area contributed by atoms with Gasteiger partial charge >= 0.3 is 0 Å². The minimum atomic E-state index is -0.409. The van der Waals surface area contributed by atoms with E-state index in [0.717, 1.165) is 5.75 Å². The van der Waals surface area contributed by atoms with Gasteiger partial charge in [0, 0.05) is 18.7 Å². The number of nitrogens with zero attached hydrogens (tertiary/aromatic N) is 1. The Morgan fingerprint density at radius 3 is 2.57 bits per heavy atom. The molecule has 0 bridgehead atoms. The maximum Gasteiger partial charge on any atom is 0.229 e. The van der Waals surface area contributed by atoms with Crippen LogP contribution in [0.5, 0.6) is 11.5 Å². The van der Waals surface area contributed by atoms with Crippen molar-refractivity contribution in [3.8, 4) is 11.5 Å². The SMILES string of the molecule is CCOc1ccccc1N1CC(C(=O)Nc2ccc(OC(C)C)cc2)CC1=O. The maximum atomic E-state index is 12.7. The van der Waals surface area contributed by atoms with E-state index in [0.29, 0.717) is 30.3 Å². The number of carbonyl (C=O) groups excluding carboxylic acids is 2.